The van der Waals surface area contributed by atoms with Gasteiger partial charge in [-0.05, 0) is 30.3 Å². The van der Waals surface area contributed by atoms with Crippen molar-refractivity contribution in [2.24, 2.45) is 0 Å². The van der Waals surface area contributed by atoms with E-state index in [0.29, 0.717) is 11.4 Å². The summed E-state index contributed by atoms with van der Waals surface area (Å²) in [5.41, 5.74) is 6.28. The summed E-state index contributed by atoms with van der Waals surface area (Å²) in [6, 6.07) is 10.1. The normalized spacial score (nSPS) is 10.2. The van der Waals surface area contributed by atoms with Crippen molar-refractivity contribution in [2.75, 3.05) is 5.73 Å². The lowest BCUT2D eigenvalue weighted by Gasteiger charge is -2.09. The van der Waals surface area contributed by atoms with E-state index in [4.69, 9.17) is 10.5 Å². The Morgan fingerprint density at radius 1 is 1.06 bits per heavy atom. The third-order valence-electron chi connectivity index (χ3n) is 2.31. The minimum Gasteiger partial charge on any atom is -0.487 e. The van der Waals surface area contributed by atoms with E-state index in [1.807, 2.05) is 0 Å². The van der Waals surface area contributed by atoms with Crippen LogP contribution in [0.5, 0.6) is 5.75 Å². The van der Waals surface area contributed by atoms with Gasteiger partial charge in [-0.3, -0.25) is 0 Å². The van der Waals surface area contributed by atoms with Crippen molar-refractivity contribution in [3.63, 3.8) is 0 Å². The van der Waals surface area contributed by atoms with E-state index in [1.165, 1.54) is 0 Å². The Hall–Kier alpha value is -2.10. The first kappa shape index (κ1) is 11.4. The molecule has 0 saturated carbocycles. The molecule has 2 aromatic rings. The number of nitrogens with two attached hydrogens (primary N) is 1. The molecule has 0 amide bonds. The zero-order chi connectivity index (χ0) is 12.3. The van der Waals surface area contributed by atoms with Gasteiger partial charge < -0.3 is 10.5 Å². The Labute approximate surface area is 97.6 Å². The van der Waals surface area contributed by atoms with Gasteiger partial charge in [-0.2, -0.15) is 0 Å². The van der Waals surface area contributed by atoms with E-state index in [-0.39, 0.29) is 12.2 Å². The number of rotatable bonds is 3. The second-order valence-electron chi connectivity index (χ2n) is 3.56. The van der Waals surface area contributed by atoms with Gasteiger partial charge in [0.25, 0.3) is 0 Å². The van der Waals surface area contributed by atoms with Gasteiger partial charge in [0.05, 0.1) is 5.69 Å². The van der Waals surface area contributed by atoms with Crippen LogP contribution in [-0.4, -0.2) is 0 Å². The summed E-state index contributed by atoms with van der Waals surface area (Å²) in [6.07, 6.45) is 0. The maximum absolute atomic E-state index is 13.3. The van der Waals surface area contributed by atoms with Crippen LogP contribution < -0.4 is 10.5 Å². The van der Waals surface area contributed by atoms with Crippen LogP contribution >= 0.6 is 0 Å². The number of nitrogen functional groups attached to an aromatic ring is 1. The van der Waals surface area contributed by atoms with Crippen LogP contribution in [0.3, 0.4) is 0 Å². The molecule has 0 radical (unpaired) electrons. The van der Waals surface area contributed by atoms with E-state index < -0.39 is 11.6 Å². The summed E-state index contributed by atoms with van der Waals surface area (Å²) in [6.45, 7) is -0.0577. The average molecular weight is 235 g/mol. The summed E-state index contributed by atoms with van der Waals surface area (Å²) in [7, 11) is 0. The quantitative estimate of drug-likeness (QED) is 0.829. The minimum absolute atomic E-state index is 0.0577. The fourth-order valence-electron chi connectivity index (χ4n) is 1.42. The molecule has 0 bridgehead atoms. The molecule has 0 aliphatic heterocycles. The van der Waals surface area contributed by atoms with Gasteiger partial charge in [-0.25, -0.2) is 8.78 Å². The molecule has 17 heavy (non-hydrogen) atoms. The minimum atomic E-state index is -0.499. The SMILES string of the molecule is Nc1ccccc1OCc1cc(F)ccc1F. The summed E-state index contributed by atoms with van der Waals surface area (Å²) in [4.78, 5) is 0. The van der Waals surface area contributed by atoms with Crippen molar-refractivity contribution in [3.8, 4) is 5.75 Å². The molecule has 2 N–H and O–H groups in total. The van der Waals surface area contributed by atoms with Crippen LogP contribution in [0, 0.1) is 11.6 Å². The van der Waals surface area contributed by atoms with Crippen molar-refractivity contribution >= 4 is 5.69 Å². The molecule has 4 heteroatoms. The Morgan fingerprint density at radius 3 is 2.59 bits per heavy atom. The number of hydrogen-bond acceptors (Lipinski definition) is 2. The number of hydrogen-bond donors (Lipinski definition) is 1. The molecule has 2 nitrogen and oxygen atoms in total. The van der Waals surface area contributed by atoms with E-state index in [0.717, 1.165) is 18.2 Å². The largest absolute Gasteiger partial charge is 0.487 e. The highest BCUT2D eigenvalue weighted by molar-refractivity contribution is 5.51. The maximum atomic E-state index is 13.3. The average Bonchev–Trinajstić information content (AvgIpc) is 2.32. The van der Waals surface area contributed by atoms with E-state index >= 15 is 0 Å². The summed E-state index contributed by atoms with van der Waals surface area (Å²) >= 11 is 0. The molecule has 2 rings (SSSR count). The van der Waals surface area contributed by atoms with Crippen LogP contribution in [-0.2, 0) is 6.61 Å². The third-order valence-corrected chi connectivity index (χ3v) is 2.31. The molecule has 88 valence electrons. The van der Waals surface area contributed by atoms with E-state index in [2.05, 4.69) is 0 Å². The number of ether oxygens (including phenoxy) is 1. The van der Waals surface area contributed by atoms with Crippen molar-refractivity contribution in [2.45, 2.75) is 6.61 Å². The molecular weight excluding hydrogens is 224 g/mol. The molecule has 0 heterocycles. The summed E-state index contributed by atoms with van der Waals surface area (Å²) in [5, 5.41) is 0. The monoisotopic (exact) mass is 235 g/mol. The first-order valence-electron chi connectivity index (χ1n) is 5.08. The summed E-state index contributed by atoms with van der Waals surface area (Å²) in [5.74, 6) is -0.539. The number of benzene rings is 2. The van der Waals surface area contributed by atoms with Gasteiger partial charge in [0.2, 0.25) is 0 Å². The van der Waals surface area contributed by atoms with E-state index in [1.54, 1.807) is 24.3 Å². The van der Waals surface area contributed by atoms with Gasteiger partial charge in [-0.15, -0.1) is 0 Å². The molecule has 0 saturated heterocycles. The van der Waals surface area contributed by atoms with Gasteiger partial charge in [-0.1, -0.05) is 12.1 Å². The van der Waals surface area contributed by atoms with Gasteiger partial charge in [0, 0.05) is 5.56 Å². The standard InChI is InChI=1S/C13H11F2NO/c14-10-5-6-11(15)9(7-10)8-17-13-4-2-1-3-12(13)16/h1-7H,8,16H2. The highest BCUT2D eigenvalue weighted by Crippen LogP contribution is 2.21. The predicted octanol–water partition coefficient (Wildman–Crippen LogP) is 3.13. The van der Waals surface area contributed by atoms with Crippen molar-refractivity contribution < 1.29 is 13.5 Å². The van der Waals surface area contributed by atoms with Crippen LogP contribution in [0.25, 0.3) is 0 Å². The van der Waals surface area contributed by atoms with Crippen LogP contribution in [0.15, 0.2) is 42.5 Å². The maximum Gasteiger partial charge on any atom is 0.142 e. The zero-order valence-electron chi connectivity index (χ0n) is 8.99. The van der Waals surface area contributed by atoms with E-state index in [9.17, 15) is 8.78 Å². The lowest BCUT2D eigenvalue weighted by atomic mass is 10.2. The first-order chi connectivity index (χ1) is 8.16. The van der Waals surface area contributed by atoms with Crippen LogP contribution in [0.1, 0.15) is 5.56 Å². The second-order valence-corrected chi connectivity index (χ2v) is 3.56. The number of anilines is 1. The van der Waals surface area contributed by atoms with Crippen molar-refractivity contribution in [3.05, 3.63) is 59.7 Å². The van der Waals surface area contributed by atoms with Gasteiger partial charge in [0.15, 0.2) is 0 Å². The Kier molecular flexibility index (Phi) is 3.23. The lowest BCUT2D eigenvalue weighted by Crippen LogP contribution is -2.01. The molecule has 0 aromatic heterocycles. The third kappa shape index (κ3) is 2.72. The second kappa shape index (κ2) is 4.82. The smallest absolute Gasteiger partial charge is 0.142 e. The van der Waals surface area contributed by atoms with Crippen LogP contribution in [0.4, 0.5) is 14.5 Å². The molecule has 0 atom stereocenters. The Balaban J connectivity index is 2.12. The van der Waals surface area contributed by atoms with Gasteiger partial charge in [0.1, 0.15) is 24.0 Å². The lowest BCUT2D eigenvalue weighted by molar-refractivity contribution is 0.300. The van der Waals surface area contributed by atoms with Crippen LogP contribution in [0.2, 0.25) is 0 Å². The first-order valence-corrected chi connectivity index (χ1v) is 5.08. The Morgan fingerprint density at radius 2 is 1.82 bits per heavy atom. The molecule has 0 spiro atoms. The molecular formula is C13H11F2NO. The zero-order valence-corrected chi connectivity index (χ0v) is 8.99. The number of para-hydroxylation sites is 2. The fraction of sp³-hybridized carbons (Fsp3) is 0.0769. The highest BCUT2D eigenvalue weighted by Gasteiger charge is 2.05. The molecule has 0 unspecified atom stereocenters. The van der Waals surface area contributed by atoms with Gasteiger partial charge >= 0.3 is 0 Å². The number of halogens is 2. The molecule has 2 aromatic carbocycles. The molecule has 0 fully saturated rings. The molecule has 0 aliphatic carbocycles. The summed E-state index contributed by atoms with van der Waals surface area (Å²) < 4.78 is 31.5. The topological polar surface area (TPSA) is 35.2 Å². The highest BCUT2D eigenvalue weighted by atomic mass is 19.1. The molecule has 0 aliphatic rings. The predicted molar refractivity (Wildman–Crippen MR) is 61.5 cm³/mol. The van der Waals surface area contributed by atoms with Crippen molar-refractivity contribution in [1.29, 1.82) is 0 Å². The fourth-order valence-corrected chi connectivity index (χ4v) is 1.42. The Bertz CT molecular complexity index is 529. The van der Waals surface area contributed by atoms with Crippen molar-refractivity contribution in [1.82, 2.24) is 0 Å².